The summed E-state index contributed by atoms with van der Waals surface area (Å²) in [7, 11) is 0. The van der Waals surface area contributed by atoms with Crippen LogP contribution in [-0.4, -0.2) is 22.5 Å². The van der Waals surface area contributed by atoms with Crippen molar-refractivity contribution < 1.29 is 19.5 Å². The monoisotopic (exact) mass is 392 g/mol. The number of benzene rings is 2. The second-order valence-corrected chi connectivity index (χ2v) is 9.95. The molecule has 1 N–H and O–H groups in total. The molecule has 1 aliphatic carbocycles. The topological polar surface area (TPSA) is 71.4 Å². The van der Waals surface area contributed by atoms with Crippen molar-refractivity contribution >= 4 is 17.3 Å². The van der Waals surface area contributed by atoms with Gasteiger partial charge < -0.3 is 5.11 Å². The third-order valence-corrected chi connectivity index (χ3v) is 5.59. The molecule has 0 bridgehead atoms. The maximum Gasteiger partial charge on any atom is 0.230 e. The van der Waals surface area contributed by atoms with Crippen molar-refractivity contribution in [2.75, 3.05) is 0 Å². The summed E-state index contributed by atoms with van der Waals surface area (Å²) in [5.41, 5.74) is 2.16. The van der Waals surface area contributed by atoms with Gasteiger partial charge in [0, 0.05) is 11.1 Å². The van der Waals surface area contributed by atoms with Gasteiger partial charge in [0.2, 0.25) is 11.6 Å². The van der Waals surface area contributed by atoms with E-state index < -0.39 is 28.3 Å². The molecular formula is C25H28O4. The molecule has 0 saturated heterocycles. The number of aromatic hydroxyl groups is 1. The van der Waals surface area contributed by atoms with Gasteiger partial charge >= 0.3 is 0 Å². The molecule has 0 spiro atoms. The first-order valence-electron chi connectivity index (χ1n) is 9.85. The van der Waals surface area contributed by atoms with Gasteiger partial charge in [0.1, 0.15) is 11.7 Å². The molecule has 0 aliphatic heterocycles. The molecule has 1 unspecified atom stereocenters. The van der Waals surface area contributed by atoms with Crippen molar-refractivity contribution in [3.05, 3.63) is 63.7 Å². The molecule has 0 saturated carbocycles. The maximum absolute atomic E-state index is 13.4. The van der Waals surface area contributed by atoms with E-state index in [1.807, 2.05) is 41.5 Å². The largest absolute Gasteiger partial charge is 0.507 e. The van der Waals surface area contributed by atoms with Gasteiger partial charge in [-0.25, -0.2) is 0 Å². The molecule has 4 nitrogen and oxygen atoms in total. The van der Waals surface area contributed by atoms with Crippen molar-refractivity contribution in [1.82, 2.24) is 0 Å². The number of ketones is 3. The predicted molar refractivity (Wildman–Crippen MR) is 113 cm³/mol. The standard InChI is InChI=1S/C25H28O4/c1-13-9-8-10-15-18(13)22(28)19(23(29)20(15)26)14-11-16(24(2,3)4)21(27)17(12-14)25(5,6)7/h8-12,19,27H,1-7H3. The Morgan fingerprint density at radius 3 is 1.83 bits per heavy atom. The van der Waals surface area contributed by atoms with Gasteiger partial charge in [-0.1, -0.05) is 71.9 Å². The van der Waals surface area contributed by atoms with E-state index in [0.717, 1.165) is 0 Å². The van der Waals surface area contributed by atoms with Gasteiger partial charge in [-0.3, -0.25) is 14.4 Å². The molecule has 2 aromatic carbocycles. The highest BCUT2D eigenvalue weighted by atomic mass is 16.3. The van der Waals surface area contributed by atoms with Crippen molar-refractivity contribution in [1.29, 1.82) is 0 Å². The highest BCUT2D eigenvalue weighted by Gasteiger charge is 2.43. The number of rotatable bonds is 1. The zero-order valence-corrected chi connectivity index (χ0v) is 18.1. The van der Waals surface area contributed by atoms with E-state index in [1.54, 1.807) is 31.2 Å². The molecule has 29 heavy (non-hydrogen) atoms. The lowest BCUT2D eigenvalue weighted by Gasteiger charge is -2.30. The Hall–Kier alpha value is -2.75. The number of phenolic OH excluding ortho intramolecular Hbond substituents is 1. The highest BCUT2D eigenvalue weighted by molar-refractivity contribution is 6.53. The van der Waals surface area contributed by atoms with Crippen LogP contribution in [0, 0.1) is 6.92 Å². The summed E-state index contributed by atoms with van der Waals surface area (Å²) in [6.45, 7) is 13.6. The smallest absolute Gasteiger partial charge is 0.230 e. The lowest BCUT2D eigenvalue weighted by Crippen LogP contribution is -2.36. The zero-order chi connectivity index (χ0) is 21.9. The molecule has 4 heteroatoms. The summed E-state index contributed by atoms with van der Waals surface area (Å²) in [6, 6.07) is 8.41. The number of Topliss-reactive ketones (excluding diaryl/α,β-unsaturated/α-hetero) is 3. The summed E-state index contributed by atoms with van der Waals surface area (Å²) in [5, 5.41) is 10.9. The van der Waals surface area contributed by atoms with Gasteiger partial charge in [-0.2, -0.15) is 0 Å². The molecule has 0 heterocycles. The van der Waals surface area contributed by atoms with Crippen LogP contribution in [0.25, 0.3) is 0 Å². The number of carbonyl (C=O) groups is 3. The lowest BCUT2D eigenvalue weighted by atomic mass is 9.72. The van der Waals surface area contributed by atoms with Gasteiger partial charge in [0.15, 0.2) is 5.78 Å². The second kappa shape index (κ2) is 6.65. The van der Waals surface area contributed by atoms with E-state index in [4.69, 9.17) is 0 Å². The zero-order valence-electron chi connectivity index (χ0n) is 18.1. The molecule has 0 aromatic heterocycles. The van der Waals surface area contributed by atoms with E-state index in [2.05, 4.69) is 0 Å². The lowest BCUT2D eigenvalue weighted by molar-refractivity contribution is -0.115. The first kappa shape index (κ1) is 21.0. The van der Waals surface area contributed by atoms with Crippen LogP contribution >= 0.6 is 0 Å². The summed E-state index contributed by atoms with van der Waals surface area (Å²) < 4.78 is 0. The SMILES string of the molecule is Cc1cccc2c1C(=O)C(c1cc(C(C)(C)C)c(O)c(C(C)(C)C)c1)C(=O)C2=O. The molecular weight excluding hydrogens is 364 g/mol. The number of carbonyl (C=O) groups excluding carboxylic acids is 3. The van der Waals surface area contributed by atoms with Crippen LogP contribution in [0.1, 0.15) is 90.4 Å². The molecule has 2 aromatic rings. The minimum atomic E-state index is -1.18. The molecule has 152 valence electrons. The Kier molecular flexibility index (Phi) is 4.81. The quantitative estimate of drug-likeness (QED) is 0.546. The maximum atomic E-state index is 13.4. The van der Waals surface area contributed by atoms with Crippen LogP contribution < -0.4 is 0 Å². The van der Waals surface area contributed by atoms with E-state index >= 15 is 0 Å². The predicted octanol–water partition coefficient (Wildman–Crippen LogP) is 5.03. The van der Waals surface area contributed by atoms with Crippen LogP contribution in [-0.2, 0) is 15.6 Å². The number of phenols is 1. The Bertz CT molecular complexity index is 1010. The fraction of sp³-hybridized carbons (Fsp3) is 0.400. The third kappa shape index (κ3) is 3.41. The van der Waals surface area contributed by atoms with E-state index in [-0.39, 0.29) is 17.1 Å². The average molecular weight is 392 g/mol. The van der Waals surface area contributed by atoms with Crippen molar-refractivity contribution in [2.24, 2.45) is 0 Å². The minimum absolute atomic E-state index is 0.173. The van der Waals surface area contributed by atoms with Crippen LogP contribution in [0.15, 0.2) is 30.3 Å². The van der Waals surface area contributed by atoms with Crippen LogP contribution in [0.2, 0.25) is 0 Å². The van der Waals surface area contributed by atoms with Gasteiger partial charge in [0.05, 0.1) is 0 Å². The van der Waals surface area contributed by atoms with Gasteiger partial charge in [0.25, 0.3) is 0 Å². The summed E-state index contributed by atoms with van der Waals surface area (Å²) >= 11 is 0. The first-order valence-corrected chi connectivity index (χ1v) is 9.85. The van der Waals surface area contributed by atoms with Gasteiger partial charge in [-0.15, -0.1) is 0 Å². The normalized spacial score (nSPS) is 17.5. The van der Waals surface area contributed by atoms with Crippen molar-refractivity contribution in [3.8, 4) is 5.75 Å². The van der Waals surface area contributed by atoms with E-state index in [1.165, 1.54) is 6.07 Å². The second-order valence-electron chi connectivity index (χ2n) is 9.95. The number of aryl methyl sites for hydroxylation is 1. The molecule has 0 fully saturated rings. The minimum Gasteiger partial charge on any atom is -0.507 e. The molecule has 0 amide bonds. The number of hydrogen-bond donors (Lipinski definition) is 1. The van der Waals surface area contributed by atoms with Crippen molar-refractivity contribution in [3.63, 3.8) is 0 Å². The number of hydrogen-bond acceptors (Lipinski definition) is 4. The highest BCUT2D eigenvalue weighted by Crippen LogP contribution is 2.42. The fourth-order valence-corrected chi connectivity index (χ4v) is 3.98. The fourth-order valence-electron chi connectivity index (χ4n) is 3.98. The van der Waals surface area contributed by atoms with Crippen molar-refractivity contribution in [2.45, 2.75) is 65.2 Å². The molecule has 3 rings (SSSR count). The summed E-state index contributed by atoms with van der Waals surface area (Å²) in [5.74, 6) is -2.70. The van der Waals surface area contributed by atoms with E-state index in [0.29, 0.717) is 27.8 Å². The summed E-state index contributed by atoms with van der Waals surface area (Å²) in [6.07, 6.45) is 0. The Labute approximate surface area is 172 Å². The molecule has 1 aliphatic rings. The third-order valence-electron chi connectivity index (χ3n) is 5.59. The first-order chi connectivity index (χ1) is 13.2. The Morgan fingerprint density at radius 2 is 1.34 bits per heavy atom. The summed E-state index contributed by atoms with van der Waals surface area (Å²) in [4.78, 5) is 39.1. The van der Waals surface area contributed by atoms with Crippen LogP contribution in [0.3, 0.4) is 0 Å². The number of fused-ring (bicyclic) bond motifs is 1. The van der Waals surface area contributed by atoms with E-state index in [9.17, 15) is 19.5 Å². The Morgan fingerprint density at radius 1 is 0.828 bits per heavy atom. The Balaban J connectivity index is 2.31. The average Bonchev–Trinajstić information content (AvgIpc) is 2.58. The van der Waals surface area contributed by atoms with Crippen LogP contribution in [0.5, 0.6) is 5.75 Å². The molecule has 0 radical (unpaired) electrons. The van der Waals surface area contributed by atoms with Gasteiger partial charge in [-0.05, 0) is 40.0 Å². The molecule has 1 atom stereocenters. The van der Waals surface area contributed by atoms with Crippen LogP contribution in [0.4, 0.5) is 0 Å².